The minimum Gasteiger partial charge on any atom is -0.326 e. The second kappa shape index (κ2) is 11.0. The van der Waals surface area contributed by atoms with Crippen molar-refractivity contribution >= 4 is 58.1 Å². The summed E-state index contributed by atoms with van der Waals surface area (Å²) in [5.74, 6) is -0.865. The lowest BCUT2D eigenvalue weighted by molar-refractivity contribution is -0.115. The molecule has 0 saturated heterocycles. The molecule has 0 aliphatic heterocycles. The summed E-state index contributed by atoms with van der Waals surface area (Å²) in [6, 6.07) is 25.9. The van der Waals surface area contributed by atoms with Gasteiger partial charge in [-0.05, 0) is 48.0 Å². The zero-order valence-corrected chi connectivity index (χ0v) is 21.6. The van der Waals surface area contributed by atoms with E-state index in [1.165, 1.54) is 11.8 Å². The number of carbonyl (C=O) groups is 4. The lowest BCUT2D eigenvalue weighted by atomic mass is 9.83. The Bertz CT molecular complexity index is 1570. The maximum absolute atomic E-state index is 13.1. The van der Waals surface area contributed by atoms with Crippen LogP contribution in [0.15, 0.2) is 95.9 Å². The number of anilines is 2. The highest BCUT2D eigenvalue weighted by Crippen LogP contribution is 2.32. The molecule has 0 spiro atoms. The number of hydrogen-bond acceptors (Lipinski definition) is 5. The van der Waals surface area contributed by atoms with Crippen LogP contribution >= 0.6 is 23.4 Å². The van der Waals surface area contributed by atoms with E-state index in [9.17, 15) is 19.2 Å². The molecule has 0 atom stereocenters. The number of carbonyl (C=O) groups excluding carboxylic acids is 4. The number of thioether (sulfide) groups is 1. The summed E-state index contributed by atoms with van der Waals surface area (Å²) in [7, 11) is 0. The standard InChI is InChI=1S/C30H21ClN2O4S/c31-19-10-8-18(9-11-19)16-26(34)32-20-12-14-21(15-13-20)38-17-27(35)33-25-7-3-6-24-28(25)30(37)23-5-2-1-4-22(23)29(24)36/h1-15H,16-17H2,(H,32,34)(H,33,35). The molecule has 188 valence electrons. The third kappa shape index (κ3) is 5.54. The Morgan fingerprint density at radius 2 is 1.34 bits per heavy atom. The van der Waals surface area contributed by atoms with Crippen LogP contribution in [0.2, 0.25) is 5.02 Å². The van der Waals surface area contributed by atoms with Crippen LogP contribution in [-0.2, 0) is 16.0 Å². The van der Waals surface area contributed by atoms with Crippen molar-refractivity contribution in [3.8, 4) is 0 Å². The fraction of sp³-hybridized carbons (Fsp3) is 0.0667. The molecule has 5 rings (SSSR count). The van der Waals surface area contributed by atoms with Crippen molar-refractivity contribution in [2.24, 2.45) is 0 Å². The van der Waals surface area contributed by atoms with Crippen molar-refractivity contribution in [2.45, 2.75) is 11.3 Å². The van der Waals surface area contributed by atoms with E-state index in [1.807, 2.05) is 24.3 Å². The minimum atomic E-state index is -0.303. The average molecular weight is 541 g/mol. The van der Waals surface area contributed by atoms with E-state index in [0.717, 1.165) is 10.5 Å². The Labute approximate surface area is 228 Å². The van der Waals surface area contributed by atoms with Crippen LogP contribution in [-0.4, -0.2) is 29.1 Å². The molecule has 0 bridgehead atoms. The van der Waals surface area contributed by atoms with E-state index in [1.54, 1.807) is 66.7 Å². The maximum atomic E-state index is 13.1. The number of amides is 2. The molecule has 6 nitrogen and oxygen atoms in total. The third-order valence-electron chi connectivity index (χ3n) is 6.01. The maximum Gasteiger partial charge on any atom is 0.234 e. The van der Waals surface area contributed by atoms with Crippen LogP contribution in [0.1, 0.15) is 37.4 Å². The summed E-state index contributed by atoms with van der Waals surface area (Å²) in [6.45, 7) is 0. The zero-order valence-electron chi connectivity index (χ0n) is 20.0. The first-order valence-corrected chi connectivity index (χ1v) is 13.1. The van der Waals surface area contributed by atoms with Gasteiger partial charge in [0.15, 0.2) is 11.6 Å². The Morgan fingerprint density at radius 3 is 2.05 bits per heavy atom. The van der Waals surface area contributed by atoms with Gasteiger partial charge < -0.3 is 10.6 Å². The van der Waals surface area contributed by atoms with Gasteiger partial charge in [0, 0.05) is 32.3 Å². The number of rotatable bonds is 7. The SMILES string of the molecule is O=C(Cc1ccc(Cl)cc1)Nc1ccc(SCC(=O)Nc2cccc3c2C(=O)c2ccccc2C3=O)cc1. The highest BCUT2D eigenvalue weighted by atomic mass is 35.5. The van der Waals surface area contributed by atoms with Crippen LogP contribution in [0.3, 0.4) is 0 Å². The van der Waals surface area contributed by atoms with E-state index in [-0.39, 0.29) is 46.7 Å². The fourth-order valence-corrected chi connectivity index (χ4v) is 5.04. The lowest BCUT2D eigenvalue weighted by Gasteiger charge is -2.20. The first-order chi connectivity index (χ1) is 18.4. The molecule has 8 heteroatoms. The van der Waals surface area contributed by atoms with Crippen molar-refractivity contribution < 1.29 is 19.2 Å². The molecule has 0 radical (unpaired) electrons. The second-order valence-electron chi connectivity index (χ2n) is 8.64. The van der Waals surface area contributed by atoms with Gasteiger partial charge in [0.1, 0.15) is 0 Å². The van der Waals surface area contributed by atoms with Crippen LogP contribution in [0.4, 0.5) is 11.4 Å². The van der Waals surface area contributed by atoms with Crippen LogP contribution in [0, 0.1) is 0 Å². The van der Waals surface area contributed by atoms with Crippen molar-refractivity contribution in [1.29, 1.82) is 0 Å². The summed E-state index contributed by atoms with van der Waals surface area (Å²) in [6.07, 6.45) is 0.233. The minimum absolute atomic E-state index is 0.102. The van der Waals surface area contributed by atoms with Gasteiger partial charge in [0.2, 0.25) is 11.8 Å². The average Bonchev–Trinajstić information content (AvgIpc) is 2.92. The number of fused-ring (bicyclic) bond motifs is 2. The molecule has 2 N–H and O–H groups in total. The highest BCUT2D eigenvalue weighted by Gasteiger charge is 2.31. The van der Waals surface area contributed by atoms with Gasteiger partial charge in [-0.2, -0.15) is 0 Å². The molecule has 0 unspecified atom stereocenters. The molecule has 4 aromatic rings. The summed E-state index contributed by atoms with van der Waals surface area (Å²) >= 11 is 7.20. The van der Waals surface area contributed by atoms with E-state index < -0.39 is 0 Å². The monoisotopic (exact) mass is 540 g/mol. The first-order valence-electron chi connectivity index (χ1n) is 11.8. The van der Waals surface area contributed by atoms with Gasteiger partial charge in [0.05, 0.1) is 23.4 Å². The van der Waals surface area contributed by atoms with Gasteiger partial charge in [-0.15, -0.1) is 11.8 Å². The van der Waals surface area contributed by atoms with Crippen LogP contribution < -0.4 is 10.6 Å². The first kappa shape index (κ1) is 25.4. The van der Waals surface area contributed by atoms with E-state index in [2.05, 4.69) is 10.6 Å². The Morgan fingerprint density at radius 1 is 0.684 bits per heavy atom. The van der Waals surface area contributed by atoms with Gasteiger partial charge in [-0.25, -0.2) is 0 Å². The van der Waals surface area contributed by atoms with Crippen LogP contribution in [0.5, 0.6) is 0 Å². The summed E-state index contributed by atoms with van der Waals surface area (Å²) in [5, 5.41) is 6.26. The van der Waals surface area contributed by atoms with Gasteiger partial charge in [-0.1, -0.05) is 60.1 Å². The summed E-state index contributed by atoms with van der Waals surface area (Å²) in [4.78, 5) is 51.9. The molecule has 1 aliphatic rings. The number of halogens is 1. The smallest absolute Gasteiger partial charge is 0.234 e. The third-order valence-corrected chi connectivity index (χ3v) is 7.28. The molecule has 38 heavy (non-hydrogen) atoms. The Hall–Kier alpha value is -4.20. The number of nitrogens with one attached hydrogen (secondary N) is 2. The zero-order chi connectivity index (χ0) is 26.6. The number of hydrogen-bond donors (Lipinski definition) is 2. The van der Waals surface area contributed by atoms with Gasteiger partial charge >= 0.3 is 0 Å². The molecule has 0 aromatic heterocycles. The normalized spacial score (nSPS) is 11.9. The van der Waals surface area contributed by atoms with Gasteiger partial charge in [0.25, 0.3) is 0 Å². The molecule has 2 amide bonds. The summed E-state index contributed by atoms with van der Waals surface area (Å²) < 4.78 is 0. The highest BCUT2D eigenvalue weighted by molar-refractivity contribution is 8.00. The van der Waals surface area contributed by atoms with Crippen LogP contribution in [0.25, 0.3) is 0 Å². The van der Waals surface area contributed by atoms with Crippen molar-refractivity contribution in [1.82, 2.24) is 0 Å². The predicted molar refractivity (Wildman–Crippen MR) is 149 cm³/mol. The van der Waals surface area contributed by atoms with E-state index in [0.29, 0.717) is 27.5 Å². The fourth-order valence-electron chi connectivity index (χ4n) is 4.21. The molecule has 0 heterocycles. The number of ketones is 2. The Kier molecular flexibility index (Phi) is 7.40. The number of benzene rings is 4. The van der Waals surface area contributed by atoms with Gasteiger partial charge in [-0.3, -0.25) is 19.2 Å². The molecule has 0 fully saturated rings. The second-order valence-corrected chi connectivity index (χ2v) is 10.1. The predicted octanol–water partition coefficient (Wildman–Crippen LogP) is 6.03. The van der Waals surface area contributed by atoms with Crippen molar-refractivity contribution in [3.63, 3.8) is 0 Å². The van der Waals surface area contributed by atoms with E-state index >= 15 is 0 Å². The molecular formula is C30H21ClN2O4S. The summed E-state index contributed by atoms with van der Waals surface area (Å²) in [5.41, 5.74) is 3.04. The molecule has 0 saturated carbocycles. The van der Waals surface area contributed by atoms with Crippen molar-refractivity contribution in [2.75, 3.05) is 16.4 Å². The molecule has 4 aromatic carbocycles. The quantitative estimate of drug-likeness (QED) is 0.246. The topological polar surface area (TPSA) is 92.3 Å². The molecule has 1 aliphatic carbocycles. The largest absolute Gasteiger partial charge is 0.326 e. The Balaban J connectivity index is 1.18. The molecular weight excluding hydrogens is 520 g/mol. The van der Waals surface area contributed by atoms with E-state index in [4.69, 9.17) is 11.6 Å². The van der Waals surface area contributed by atoms with Crippen molar-refractivity contribution in [3.05, 3.63) is 124 Å². The lowest BCUT2D eigenvalue weighted by Crippen LogP contribution is -2.24.